The number of esters is 1. The van der Waals surface area contributed by atoms with E-state index in [1.165, 1.54) is 7.11 Å². The Balaban J connectivity index is 1.94. The predicted octanol–water partition coefficient (Wildman–Crippen LogP) is 0.990. The monoisotopic (exact) mass is 264 g/mol. The topological polar surface area (TPSA) is 42.0 Å². The summed E-state index contributed by atoms with van der Waals surface area (Å²) in [6, 6.07) is 8.01. The molecule has 0 radical (unpaired) electrons. The molecule has 0 unspecified atom stereocenters. The molecule has 0 aromatic heterocycles. The average Bonchev–Trinajstić information content (AvgIpc) is 2.48. The minimum absolute atomic E-state index is 0.175. The van der Waals surface area contributed by atoms with Gasteiger partial charge in [0.1, 0.15) is 5.75 Å². The van der Waals surface area contributed by atoms with E-state index in [2.05, 4.69) is 20.6 Å². The van der Waals surface area contributed by atoms with Crippen LogP contribution in [0.2, 0.25) is 0 Å². The van der Waals surface area contributed by atoms with E-state index < -0.39 is 0 Å². The van der Waals surface area contributed by atoms with Crippen LogP contribution in [0.4, 0.5) is 5.69 Å². The van der Waals surface area contributed by atoms with Crippen molar-refractivity contribution < 1.29 is 14.3 Å². The molecular formula is C14H20N2O3. The number of carbonyl (C=O) groups excluding carboxylic acids is 1. The third-order valence-electron chi connectivity index (χ3n) is 3.38. The van der Waals surface area contributed by atoms with Crippen molar-refractivity contribution in [3.63, 3.8) is 0 Å². The van der Waals surface area contributed by atoms with Crippen LogP contribution in [0.3, 0.4) is 0 Å². The highest BCUT2D eigenvalue weighted by Crippen LogP contribution is 2.28. The van der Waals surface area contributed by atoms with Gasteiger partial charge in [-0.15, -0.1) is 0 Å². The van der Waals surface area contributed by atoms with Crippen LogP contribution in [0.1, 0.15) is 0 Å². The zero-order valence-corrected chi connectivity index (χ0v) is 11.5. The Morgan fingerprint density at radius 3 is 2.47 bits per heavy atom. The highest BCUT2D eigenvalue weighted by atomic mass is 16.5. The number of anilines is 1. The zero-order chi connectivity index (χ0) is 13.7. The quantitative estimate of drug-likeness (QED) is 0.759. The van der Waals surface area contributed by atoms with Crippen molar-refractivity contribution in [1.29, 1.82) is 0 Å². The van der Waals surface area contributed by atoms with Gasteiger partial charge in [-0.3, -0.25) is 9.69 Å². The second-order valence-corrected chi connectivity index (χ2v) is 4.51. The first-order chi connectivity index (χ1) is 9.24. The van der Waals surface area contributed by atoms with Gasteiger partial charge in [0.05, 0.1) is 26.5 Å². The second-order valence-electron chi connectivity index (χ2n) is 4.51. The van der Waals surface area contributed by atoms with E-state index in [4.69, 9.17) is 4.74 Å². The molecule has 5 nitrogen and oxygen atoms in total. The molecule has 0 aliphatic carbocycles. The summed E-state index contributed by atoms with van der Waals surface area (Å²) in [4.78, 5) is 15.6. The van der Waals surface area contributed by atoms with Gasteiger partial charge in [0, 0.05) is 26.2 Å². The Morgan fingerprint density at radius 1 is 1.16 bits per heavy atom. The number of hydrogen-bond acceptors (Lipinski definition) is 5. The lowest BCUT2D eigenvalue weighted by Crippen LogP contribution is -2.48. The van der Waals surface area contributed by atoms with Crippen molar-refractivity contribution in [2.24, 2.45) is 0 Å². The van der Waals surface area contributed by atoms with Crippen LogP contribution >= 0.6 is 0 Å². The van der Waals surface area contributed by atoms with E-state index in [0.29, 0.717) is 6.54 Å². The van der Waals surface area contributed by atoms with E-state index in [9.17, 15) is 4.79 Å². The number of carbonyl (C=O) groups is 1. The van der Waals surface area contributed by atoms with Gasteiger partial charge in [0.2, 0.25) is 0 Å². The molecule has 1 aromatic carbocycles. The summed E-state index contributed by atoms with van der Waals surface area (Å²) in [6.07, 6.45) is 0. The molecule has 1 aliphatic rings. The standard InChI is InChI=1S/C14H20N2O3/c1-18-13-6-4-3-5-12(13)16-9-7-15(8-10-16)11-14(17)19-2/h3-6H,7-11H2,1-2H3. The smallest absolute Gasteiger partial charge is 0.319 e. The van der Waals surface area contributed by atoms with Gasteiger partial charge < -0.3 is 14.4 Å². The van der Waals surface area contributed by atoms with Gasteiger partial charge in [0.25, 0.3) is 0 Å². The molecular weight excluding hydrogens is 244 g/mol. The van der Waals surface area contributed by atoms with E-state index in [0.717, 1.165) is 37.6 Å². The van der Waals surface area contributed by atoms with Crippen LogP contribution < -0.4 is 9.64 Å². The Kier molecular flexibility index (Phi) is 4.63. The first kappa shape index (κ1) is 13.7. The first-order valence-electron chi connectivity index (χ1n) is 6.41. The fourth-order valence-corrected chi connectivity index (χ4v) is 2.29. The van der Waals surface area contributed by atoms with Crippen molar-refractivity contribution in [3.05, 3.63) is 24.3 Å². The number of hydrogen-bond donors (Lipinski definition) is 0. The fourth-order valence-electron chi connectivity index (χ4n) is 2.29. The summed E-state index contributed by atoms with van der Waals surface area (Å²) in [5.74, 6) is 0.717. The fraction of sp³-hybridized carbons (Fsp3) is 0.500. The van der Waals surface area contributed by atoms with E-state index in [-0.39, 0.29) is 5.97 Å². The highest BCUT2D eigenvalue weighted by molar-refractivity contribution is 5.71. The molecule has 1 saturated heterocycles. The summed E-state index contributed by atoms with van der Waals surface area (Å²) < 4.78 is 10.1. The maximum Gasteiger partial charge on any atom is 0.319 e. The highest BCUT2D eigenvalue weighted by Gasteiger charge is 2.20. The first-order valence-corrected chi connectivity index (χ1v) is 6.41. The van der Waals surface area contributed by atoms with Gasteiger partial charge in [-0.25, -0.2) is 0 Å². The Hall–Kier alpha value is -1.75. The largest absolute Gasteiger partial charge is 0.495 e. The van der Waals surface area contributed by atoms with Crippen LogP contribution in [0.25, 0.3) is 0 Å². The molecule has 1 aliphatic heterocycles. The van der Waals surface area contributed by atoms with Gasteiger partial charge >= 0.3 is 5.97 Å². The minimum atomic E-state index is -0.175. The molecule has 0 bridgehead atoms. The molecule has 19 heavy (non-hydrogen) atoms. The van der Waals surface area contributed by atoms with Gasteiger partial charge in [-0.05, 0) is 12.1 Å². The molecule has 0 atom stereocenters. The van der Waals surface area contributed by atoms with Crippen LogP contribution in [0.5, 0.6) is 5.75 Å². The summed E-state index contributed by atoms with van der Waals surface area (Å²) in [5.41, 5.74) is 1.11. The maximum absolute atomic E-state index is 11.2. The summed E-state index contributed by atoms with van der Waals surface area (Å²) in [5, 5.41) is 0. The van der Waals surface area contributed by atoms with Crippen molar-refractivity contribution in [3.8, 4) is 5.75 Å². The number of ether oxygens (including phenoxy) is 2. The Bertz CT molecular complexity index is 428. The number of para-hydroxylation sites is 2. The normalized spacial score (nSPS) is 16.2. The van der Waals surface area contributed by atoms with Crippen LogP contribution in [0, 0.1) is 0 Å². The van der Waals surface area contributed by atoms with Crippen LogP contribution in [-0.4, -0.2) is 57.8 Å². The van der Waals surface area contributed by atoms with E-state index in [1.54, 1.807) is 7.11 Å². The van der Waals surface area contributed by atoms with Gasteiger partial charge in [-0.2, -0.15) is 0 Å². The molecule has 1 heterocycles. The molecule has 0 saturated carbocycles. The summed E-state index contributed by atoms with van der Waals surface area (Å²) in [6.45, 7) is 3.85. The van der Waals surface area contributed by atoms with Crippen LogP contribution in [-0.2, 0) is 9.53 Å². The molecule has 0 N–H and O–H groups in total. The number of methoxy groups -OCH3 is 2. The average molecular weight is 264 g/mol. The zero-order valence-electron chi connectivity index (χ0n) is 11.5. The van der Waals surface area contributed by atoms with E-state index >= 15 is 0 Å². The molecule has 2 rings (SSSR count). The minimum Gasteiger partial charge on any atom is -0.495 e. The number of piperazine rings is 1. The Morgan fingerprint density at radius 2 is 1.84 bits per heavy atom. The number of nitrogens with zero attached hydrogens (tertiary/aromatic N) is 2. The van der Waals surface area contributed by atoms with Gasteiger partial charge in [-0.1, -0.05) is 12.1 Å². The summed E-state index contributed by atoms with van der Waals surface area (Å²) >= 11 is 0. The van der Waals surface area contributed by atoms with E-state index in [1.807, 2.05) is 18.2 Å². The molecule has 0 amide bonds. The van der Waals surface area contributed by atoms with Crippen molar-refractivity contribution in [2.75, 3.05) is 51.8 Å². The van der Waals surface area contributed by atoms with Crippen molar-refractivity contribution >= 4 is 11.7 Å². The number of rotatable bonds is 4. The molecule has 5 heteroatoms. The second kappa shape index (κ2) is 6.43. The lowest BCUT2D eigenvalue weighted by Gasteiger charge is -2.36. The van der Waals surface area contributed by atoms with Crippen LogP contribution in [0.15, 0.2) is 24.3 Å². The van der Waals surface area contributed by atoms with Crippen molar-refractivity contribution in [1.82, 2.24) is 4.90 Å². The molecule has 104 valence electrons. The maximum atomic E-state index is 11.2. The predicted molar refractivity (Wildman–Crippen MR) is 73.7 cm³/mol. The Labute approximate surface area is 113 Å². The van der Waals surface area contributed by atoms with Crippen molar-refractivity contribution in [2.45, 2.75) is 0 Å². The molecule has 1 fully saturated rings. The lowest BCUT2D eigenvalue weighted by molar-refractivity contribution is -0.142. The SMILES string of the molecule is COC(=O)CN1CCN(c2ccccc2OC)CC1. The molecule has 1 aromatic rings. The van der Waals surface area contributed by atoms with Gasteiger partial charge in [0.15, 0.2) is 0 Å². The third kappa shape index (κ3) is 3.38. The third-order valence-corrected chi connectivity index (χ3v) is 3.38. The lowest BCUT2D eigenvalue weighted by atomic mass is 10.2. The molecule has 0 spiro atoms. The number of benzene rings is 1. The summed E-state index contributed by atoms with van der Waals surface area (Å²) in [7, 11) is 3.11.